The molecule has 1 aromatic rings. The Kier molecular flexibility index (Phi) is 3.72. The predicted molar refractivity (Wildman–Crippen MR) is 81.2 cm³/mol. The quantitative estimate of drug-likeness (QED) is 0.853. The molecule has 1 spiro atoms. The van der Waals surface area contributed by atoms with Gasteiger partial charge in [0.05, 0.1) is 18.3 Å². The van der Waals surface area contributed by atoms with Gasteiger partial charge in [0.25, 0.3) is 0 Å². The van der Waals surface area contributed by atoms with Crippen molar-refractivity contribution in [3.05, 3.63) is 23.8 Å². The fraction of sp³-hybridized carbons (Fsp3) is 0.647. The zero-order chi connectivity index (χ0) is 15.0. The molecule has 0 aromatic heterocycles. The first-order chi connectivity index (χ1) is 10.8. The molecule has 4 rings (SSSR count). The minimum Gasteiger partial charge on any atom is -0.454 e. The van der Waals surface area contributed by atoms with Crippen molar-refractivity contribution >= 4 is 0 Å². The van der Waals surface area contributed by atoms with Crippen molar-refractivity contribution in [1.82, 2.24) is 4.90 Å². The lowest BCUT2D eigenvalue weighted by molar-refractivity contribution is 0.00318. The lowest BCUT2D eigenvalue weighted by atomic mass is 9.98. The standard InChI is InChI=1S/C17H23NO4/c1-2-19-14-8-17(22-10-14)5-6-18(11-17)9-13-3-4-15-16(7-13)21-12-20-15/h3-4,7,14H,2,5-6,8-12H2,1H3/t14-,17+/m1/s1. The lowest BCUT2D eigenvalue weighted by Gasteiger charge is -2.23. The number of benzene rings is 1. The predicted octanol–water partition coefficient (Wildman–Crippen LogP) is 2.19. The zero-order valence-corrected chi connectivity index (χ0v) is 13.0. The second-order valence-corrected chi connectivity index (χ2v) is 6.42. The molecule has 0 unspecified atom stereocenters. The average molecular weight is 305 g/mol. The van der Waals surface area contributed by atoms with Gasteiger partial charge >= 0.3 is 0 Å². The molecule has 0 radical (unpaired) electrons. The average Bonchev–Trinajstić information content (AvgIpc) is 3.21. The van der Waals surface area contributed by atoms with Gasteiger partial charge in [0.1, 0.15) is 0 Å². The molecule has 1 aromatic carbocycles. The summed E-state index contributed by atoms with van der Waals surface area (Å²) in [6.07, 6.45) is 2.40. The Bertz CT molecular complexity index is 549. The summed E-state index contributed by atoms with van der Waals surface area (Å²) in [7, 11) is 0. The fourth-order valence-electron chi connectivity index (χ4n) is 3.79. The SMILES string of the molecule is CCO[C@H]1CO[C@@]2(CCN(Cc3ccc4c(c3)OCO4)C2)C1. The Labute approximate surface area is 131 Å². The van der Waals surface area contributed by atoms with Crippen LogP contribution in [0, 0.1) is 0 Å². The summed E-state index contributed by atoms with van der Waals surface area (Å²) in [4.78, 5) is 2.46. The Morgan fingerprint density at radius 3 is 3.14 bits per heavy atom. The number of nitrogens with zero attached hydrogens (tertiary/aromatic N) is 1. The molecule has 3 aliphatic heterocycles. The highest BCUT2D eigenvalue weighted by atomic mass is 16.7. The van der Waals surface area contributed by atoms with Crippen LogP contribution in [0.1, 0.15) is 25.3 Å². The molecule has 5 heteroatoms. The first-order valence-electron chi connectivity index (χ1n) is 8.13. The van der Waals surface area contributed by atoms with E-state index in [1.165, 1.54) is 5.56 Å². The van der Waals surface area contributed by atoms with Crippen LogP contribution >= 0.6 is 0 Å². The molecular formula is C17H23NO4. The molecule has 22 heavy (non-hydrogen) atoms. The molecule has 120 valence electrons. The summed E-state index contributed by atoms with van der Waals surface area (Å²) in [5.41, 5.74) is 1.27. The van der Waals surface area contributed by atoms with E-state index >= 15 is 0 Å². The molecule has 2 saturated heterocycles. The molecule has 0 N–H and O–H groups in total. The zero-order valence-electron chi connectivity index (χ0n) is 13.0. The van der Waals surface area contributed by atoms with Crippen molar-refractivity contribution in [2.75, 3.05) is 33.1 Å². The van der Waals surface area contributed by atoms with Crippen LogP contribution in [0.3, 0.4) is 0 Å². The van der Waals surface area contributed by atoms with E-state index in [4.69, 9.17) is 18.9 Å². The largest absolute Gasteiger partial charge is 0.454 e. The highest BCUT2D eigenvalue weighted by Crippen LogP contribution is 2.37. The Hall–Kier alpha value is -1.30. The molecular weight excluding hydrogens is 282 g/mol. The van der Waals surface area contributed by atoms with Crippen molar-refractivity contribution in [3.63, 3.8) is 0 Å². The van der Waals surface area contributed by atoms with Crippen LogP contribution in [-0.2, 0) is 16.0 Å². The van der Waals surface area contributed by atoms with Crippen LogP contribution in [0.25, 0.3) is 0 Å². The van der Waals surface area contributed by atoms with Crippen LogP contribution in [0.15, 0.2) is 18.2 Å². The van der Waals surface area contributed by atoms with Crippen molar-refractivity contribution in [1.29, 1.82) is 0 Å². The summed E-state index contributed by atoms with van der Waals surface area (Å²) in [6.45, 7) is 6.89. The van der Waals surface area contributed by atoms with E-state index < -0.39 is 0 Å². The summed E-state index contributed by atoms with van der Waals surface area (Å²) in [6, 6.07) is 6.21. The number of fused-ring (bicyclic) bond motifs is 1. The molecule has 5 nitrogen and oxygen atoms in total. The second kappa shape index (κ2) is 5.72. The Morgan fingerprint density at radius 1 is 1.32 bits per heavy atom. The summed E-state index contributed by atoms with van der Waals surface area (Å²) >= 11 is 0. The fourth-order valence-corrected chi connectivity index (χ4v) is 3.79. The number of likely N-dealkylation sites (tertiary alicyclic amines) is 1. The van der Waals surface area contributed by atoms with Crippen LogP contribution < -0.4 is 9.47 Å². The van der Waals surface area contributed by atoms with Gasteiger partial charge in [-0.15, -0.1) is 0 Å². The van der Waals surface area contributed by atoms with Crippen molar-refractivity contribution in [2.45, 2.75) is 38.0 Å². The van der Waals surface area contributed by atoms with Gasteiger partial charge in [0, 0.05) is 32.7 Å². The van der Waals surface area contributed by atoms with Crippen molar-refractivity contribution < 1.29 is 18.9 Å². The van der Waals surface area contributed by atoms with E-state index in [-0.39, 0.29) is 11.7 Å². The molecule has 0 amide bonds. The van der Waals surface area contributed by atoms with Crippen LogP contribution in [-0.4, -0.2) is 49.7 Å². The Balaban J connectivity index is 1.37. The third kappa shape index (κ3) is 2.69. The highest BCUT2D eigenvalue weighted by Gasteiger charge is 2.45. The summed E-state index contributed by atoms with van der Waals surface area (Å²) in [5, 5.41) is 0. The van der Waals surface area contributed by atoms with E-state index in [9.17, 15) is 0 Å². The minimum absolute atomic E-state index is 0.0101. The van der Waals surface area contributed by atoms with Gasteiger partial charge < -0.3 is 18.9 Å². The maximum atomic E-state index is 6.10. The topological polar surface area (TPSA) is 40.2 Å². The molecule has 3 aliphatic rings. The van der Waals surface area contributed by atoms with Gasteiger partial charge in [0.15, 0.2) is 11.5 Å². The molecule has 0 bridgehead atoms. The normalized spacial score (nSPS) is 30.5. The monoisotopic (exact) mass is 305 g/mol. The van der Waals surface area contributed by atoms with Gasteiger partial charge in [0.2, 0.25) is 6.79 Å². The van der Waals surface area contributed by atoms with E-state index in [1.54, 1.807) is 0 Å². The Morgan fingerprint density at radius 2 is 2.23 bits per heavy atom. The van der Waals surface area contributed by atoms with Crippen LogP contribution in [0.5, 0.6) is 11.5 Å². The number of hydrogen-bond donors (Lipinski definition) is 0. The highest BCUT2D eigenvalue weighted by molar-refractivity contribution is 5.44. The van der Waals surface area contributed by atoms with Crippen molar-refractivity contribution in [2.24, 2.45) is 0 Å². The van der Waals surface area contributed by atoms with Crippen LogP contribution in [0.2, 0.25) is 0 Å². The minimum atomic E-state index is 0.0101. The first-order valence-corrected chi connectivity index (χ1v) is 8.13. The van der Waals surface area contributed by atoms with E-state index in [2.05, 4.69) is 17.0 Å². The third-order valence-corrected chi connectivity index (χ3v) is 4.82. The number of ether oxygens (including phenoxy) is 4. The third-order valence-electron chi connectivity index (χ3n) is 4.82. The van der Waals surface area contributed by atoms with E-state index in [1.807, 2.05) is 13.0 Å². The van der Waals surface area contributed by atoms with Gasteiger partial charge in [-0.05, 0) is 31.0 Å². The molecule has 0 aliphatic carbocycles. The summed E-state index contributed by atoms with van der Waals surface area (Å²) in [5.74, 6) is 1.71. The van der Waals surface area contributed by atoms with Gasteiger partial charge in [-0.2, -0.15) is 0 Å². The van der Waals surface area contributed by atoms with Gasteiger partial charge in [-0.1, -0.05) is 6.07 Å². The lowest BCUT2D eigenvalue weighted by Crippen LogP contribution is -2.32. The molecule has 2 fully saturated rings. The molecule has 2 atom stereocenters. The molecule has 0 saturated carbocycles. The van der Waals surface area contributed by atoms with Crippen molar-refractivity contribution in [3.8, 4) is 11.5 Å². The summed E-state index contributed by atoms with van der Waals surface area (Å²) < 4.78 is 22.6. The molecule has 3 heterocycles. The smallest absolute Gasteiger partial charge is 0.231 e. The maximum absolute atomic E-state index is 6.10. The van der Waals surface area contributed by atoms with E-state index in [0.29, 0.717) is 6.79 Å². The second-order valence-electron chi connectivity index (χ2n) is 6.42. The number of hydrogen-bond acceptors (Lipinski definition) is 5. The van der Waals surface area contributed by atoms with Gasteiger partial charge in [-0.25, -0.2) is 0 Å². The van der Waals surface area contributed by atoms with Gasteiger partial charge in [-0.3, -0.25) is 4.90 Å². The number of rotatable bonds is 4. The first kappa shape index (κ1) is 14.3. The maximum Gasteiger partial charge on any atom is 0.231 e. The van der Waals surface area contributed by atoms with Crippen LogP contribution in [0.4, 0.5) is 0 Å². The van der Waals surface area contributed by atoms with E-state index in [0.717, 1.165) is 57.2 Å².